The van der Waals surface area contributed by atoms with Crippen molar-refractivity contribution in [1.82, 2.24) is 9.88 Å². The Hall–Kier alpha value is -2.96. The van der Waals surface area contributed by atoms with E-state index in [2.05, 4.69) is 4.98 Å². The summed E-state index contributed by atoms with van der Waals surface area (Å²) in [6.07, 6.45) is 3.17. The molecule has 1 unspecified atom stereocenters. The number of nitrogens with zero attached hydrogens (tertiary/aromatic N) is 2. The number of amides is 1. The third kappa shape index (κ3) is 4.96. The largest absolute Gasteiger partial charge is 0.467 e. The molecule has 0 N–H and O–H groups in total. The molecular weight excluding hydrogens is 430 g/mol. The normalized spacial score (nSPS) is 11.6. The standard InChI is InChI=1S/C22H17Cl2FN2O3/c1-30-22(29)20(18-8-7-16(23)11-19(18)24)27(13-14-4-3-9-26-12-14)21(28)15-5-2-6-17(25)10-15/h2-12,20H,13H2,1H3. The van der Waals surface area contributed by atoms with Crippen LogP contribution in [0.4, 0.5) is 4.39 Å². The number of hydrogen-bond donors (Lipinski definition) is 0. The van der Waals surface area contributed by atoms with Gasteiger partial charge in [-0.2, -0.15) is 0 Å². The van der Waals surface area contributed by atoms with Gasteiger partial charge in [0.2, 0.25) is 0 Å². The van der Waals surface area contributed by atoms with Crippen LogP contribution in [0.25, 0.3) is 0 Å². The molecule has 0 spiro atoms. The Balaban J connectivity index is 2.13. The first-order valence-corrected chi connectivity index (χ1v) is 9.64. The molecule has 154 valence electrons. The second-order valence-electron chi connectivity index (χ2n) is 6.40. The van der Waals surface area contributed by atoms with Crippen LogP contribution in [0.5, 0.6) is 0 Å². The minimum atomic E-state index is -1.18. The van der Waals surface area contributed by atoms with Crippen LogP contribution >= 0.6 is 23.2 Å². The van der Waals surface area contributed by atoms with Gasteiger partial charge in [-0.05, 0) is 42.0 Å². The van der Waals surface area contributed by atoms with Gasteiger partial charge in [-0.1, -0.05) is 41.4 Å². The maximum Gasteiger partial charge on any atom is 0.333 e. The predicted molar refractivity (Wildman–Crippen MR) is 112 cm³/mol. The molecule has 1 aromatic heterocycles. The smallest absolute Gasteiger partial charge is 0.333 e. The molecule has 0 aliphatic heterocycles. The lowest BCUT2D eigenvalue weighted by atomic mass is 10.0. The zero-order chi connectivity index (χ0) is 21.7. The van der Waals surface area contributed by atoms with Crippen molar-refractivity contribution in [2.45, 2.75) is 12.6 Å². The molecule has 1 heterocycles. The van der Waals surface area contributed by atoms with Crippen molar-refractivity contribution in [2.75, 3.05) is 7.11 Å². The number of aromatic nitrogens is 1. The van der Waals surface area contributed by atoms with Gasteiger partial charge in [0.05, 0.1) is 7.11 Å². The van der Waals surface area contributed by atoms with Gasteiger partial charge in [0, 0.05) is 40.1 Å². The molecule has 5 nitrogen and oxygen atoms in total. The van der Waals surface area contributed by atoms with Crippen LogP contribution in [0.1, 0.15) is 27.5 Å². The molecular formula is C22H17Cl2FN2O3. The monoisotopic (exact) mass is 446 g/mol. The van der Waals surface area contributed by atoms with Gasteiger partial charge in [0.25, 0.3) is 5.91 Å². The highest BCUT2D eigenvalue weighted by atomic mass is 35.5. The second-order valence-corrected chi connectivity index (χ2v) is 7.24. The lowest BCUT2D eigenvalue weighted by Gasteiger charge is -2.31. The first-order chi connectivity index (χ1) is 14.4. The van der Waals surface area contributed by atoms with Crippen molar-refractivity contribution in [2.24, 2.45) is 0 Å². The molecule has 0 saturated heterocycles. The fourth-order valence-corrected chi connectivity index (χ4v) is 3.52. The van der Waals surface area contributed by atoms with E-state index < -0.39 is 23.7 Å². The number of esters is 1. The van der Waals surface area contributed by atoms with Crippen LogP contribution < -0.4 is 0 Å². The van der Waals surface area contributed by atoms with Gasteiger partial charge >= 0.3 is 5.97 Å². The Morgan fingerprint density at radius 3 is 2.57 bits per heavy atom. The Morgan fingerprint density at radius 1 is 1.13 bits per heavy atom. The summed E-state index contributed by atoms with van der Waals surface area (Å²) in [5.74, 6) is -1.84. The van der Waals surface area contributed by atoms with E-state index in [0.29, 0.717) is 16.1 Å². The molecule has 0 bridgehead atoms. The third-order valence-corrected chi connectivity index (χ3v) is 4.96. The molecule has 0 aliphatic carbocycles. The minimum Gasteiger partial charge on any atom is -0.467 e. The summed E-state index contributed by atoms with van der Waals surface area (Å²) in [5, 5.41) is 0.573. The van der Waals surface area contributed by atoms with E-state index in [9.17, 15) is 14.0 Å². The van der Waals surface area contributed by atoms with Crippen LogP contribution in [-0.2, 0) is 16.1 Å². The Kier molecular flexibility index (Phi) is 7.03. The van der Waals surface area contributed by atoms with Crippen molar-refractivity contribution in [3.05, 3.63) is 99.5 Å². The van der Waals surface area contributed by atoms with Gasteiger partial charge in [0.15, 0.2) is 6.04 Å². The maximum absolute atomic E-state index is 13.8. The van der Waals surface area contributed by atoms with E-state index in [0.717, 1.165) is 6.07 Å². The van der Waals surface area contributed by atoms with Gasteiger partial charge in [0.1, 0.15) is 5.82 Å². The molecule has 3 aromatic rings. The summed E-state index contributed by atoms with van der Waals surface area (Å²) in [4.78, 5) is 31.5. The Bertz CT molecular complexity index is 1060. The summed E-state index contributed by atoms with van der Waals surface area (Å²) in [6.45, 7) is 0.0158. The van der Waals surface area contributed by atoms with Crippen molar-refractivity contribution in [1.29, 1.82) is 0 Å². The molecule has 8 heteroatoms. The lowest BCUT2D eigenvalue weighted by molar-refractivity contribution is -0.146. The van der Waals surface area contributed by atoms with Crippen LogP contribution in [-0.4, -0.2) is 28.9 Å². The van der Waals surface area contributed by atoms with Crippen molar-refractivity contribution >= 4 is 35.1 Å². The summed E-state index contributed by atoms with van der Waals surface area (Å²) >= 11 is 12.3. The van der Waals surface area contributed by atoms with Gasteiger partial charge in [-0.15, -0.1) is 0 Å². The number of rotatable bonds is 6. The van der Waals surface area contributed by atoms with Crippen LogP contribution in [0.3, 0.4) is 0 Å². The Morgan fingerprint density at radius 2 is 1.93 bits per heavy atom. The van der Waals surface area contributed by atoms with Gasteiger partial charge < -0.3 is 9.64 Å². The van der Waals surface area contributed by atoms with Crippen LogP contribution in [0.2, 0.25) is 10.0 Å². The van der Waals surface area contributed by atoms with Crippen molar-refractivity contribution < 1.29 is 18.7 Å². The van der Waals surface area contributed by atoms with Crippen LogP contribution in [0, 0.1) is 5.82 Å². The van der Waals surface area contributed by atoms with E-state index in [4.69, 9.17) is 27.9 Å². The van der Waals surface area contributed by atoms with E-state index in [1.54, 1.807) is 36.7 Å². The average molecular weight is 447 g/mol. The van der Waals surface area contributed by atoms with Gasteiger partial charge in [-0.3, -0.25) is 9.78 Å². The molecule has 2 aromatic carbocycles. The van der Waals surface area contributed by atoms with Crippen molar-refractivity contribution in [3.8, 4) is 0 Å². The fraction of sp³-hybridized carbons (Fsp3) is 0.136. The Labute approximate surface area is 183 Å². The van der Waals surface area contributed by atoms with E-state index in [1.165, 1.54) is 36.3 Å². The predicted octanol–water partition coefficient (Wildman–Crippen LogP) is 5.08. The zero-order valence-corrected chi connectivity index (χ0v) is 17.4. The molecule has 0 aliphatic rings. The highest BCUT2D eigenvalue weighted by molar-refractivity contribution is 6.35. The molecule has 1 atom stereocenters. The van der Waals surface area contributed by atoms with Crippen molar-refractivity contribution in [3.63, 3.8) is 0 Å². The first kappa shape index (κ1) is 21.7. The number of carbonyl (C=O) groups is 2. The second kappa shape index (κ2) is 9.69. The quantitative estimate of drug-likeness (QED) is 0.495. The summed E-state index contributed by atoms with van der Waals surface area (Å²) in [7, 11) is 1.22. The number of pyridine rings is 1. The van der Waals surface area contributed by atoms with Gasteiger partial charge in [-0.25, -0.2) is 9.18 Å². The van der Waals surface area contributed by atoms with E-state index in [1.807, 2.05) is 0 Å². The average Bonchev–Trinajstić information content (AvgIpc) is 2.74. The topological polar surface area (TPSA) is 59.5 Å². The number of benzene rings is 2. The lowest BCUT2D eigenvalue weighted by Crippen LogP contribution is -2.39. The number of hydrogen-bond acceptors (Lipinski definition) is 4. The van der Waals surface area contributed by atoms with E-state index >= 15 is 0 Å². The number of ether oxygens (including phenoxy) is 1. The SMILES string of the molecule is COC(=O)C(c1ccc(Cl)cc1Cl)N(Cc1cccnc1)C(=O)c1cccc(F)c1. The molecule has 0 radical (unpaired) electrons. The fourth-order valence-electron chi connectivity index (χ4n) is 3.01. The zero-order valence-electron chi connectivity index (χ0n) is 15.9. The van der Waals surface area contributed by atoms with Crippen LogP contribution in [0.15, 0.2) is 67.0 Å². The molecule has 30 heavy (non-hydrogen) atoms. The number of carbonyl (C=O) groups excluding carboxylic acids is 2. The summed E-state index contributed by atoms with van der Waals surface area (Å²) in [5.41, 5.74) is 1.08. The first-order valence-electron chi connectivity index (χ1n) is 8.89. The highest BCUT2D eigenvalue weighted by Gasteiger charge is 2.34. The number of methoxy groups -OCH3 is 1. The molecule has 3 rings (SSSR count). The maximum atomic E-state index is 13.8. The molecule has 0 fully saturated rings. The number of halogens is 3. The third-order valence-electron chi connectivity index (χ3n) is 4.40. The van der Waals surface area contributed by atoms with E-state index in [-0.39, 0.29) is 17.1 Å². The molecule has 1 amide bonds. The summed E-state index contributed by atoms with van der Waals surface area (Å²) in [6, 6.07) is 12.1. The highest BCUT2D eigenvalue weighted by Crippen LogP contribution is 2.33. The minimum absolute atomic E-state index is 0.0158. The molecule has 0 saturated carbocycles. The summed E-state index contributed by atoms with van der Waals surface area (Å²) < 4.78 is 18.7.